The summed E-state index contributed by atoms with van der Waals surface area (Å²) in [7, 11) is 0. The van der Waals surface area contributed by atoms with Gasteiger partial charge in [0.25, 0.3) is 0 Å². The highest BCUT2D eigenvalue weighted by atomic mass is 16.6. The van der Waals surface area contributed by atoms with Crippen molar-refractivity contribution in [1.29, 1.82) is 0 Å². The Bertz CT molecular complexity index is 631. The van der Waals surface area contributed by atoms with Crippen molar-refractivity contribution in [2.45, 2.75) is 57.3 Å². The van der Waals surface area contributed by atoms with E-state index in [9.17, 15) is 9.59 Å². The van der Waals surface area contributed by atoms with Gasteiger partial charge in [0.2, 0.25) is 5.91 Å². The lowest BCUT2D eigenvalue weighted by molar-refractivity contribution is -0.144. The second kappa shape index (κ2) is 7.72. The molecule has 0 N–H and O–H groups in total. The van der Waals surface area contributed by atoms with Crippen LogP contribution in [0.1, 0.15) is 38.2 Å². The molecule has 0 spiro atoms. The highest BCUT2D eigenvalue weighted by molar-refractivity contribution is 5.87. The first-order valence-electron chi connectivity index (χ1n) is 9.02. The molecule has 3 atom stereocenters. The molecule has 2 fully saturated rings. The van der Waals surface area contributed by atoms with E-state index in [0.717, 1.165) is 31.2 Å². The van der Waals surface area contributed by atoms with E-state index in [1.165, 1.54) is 0 Å². The number of benzene rings is 1. The third-order valence-electron chi connectivity index (χ3n) is 5.25. The van der Waals surface area contributed by atoms with Crippen molar-refractivity contribution in [2.24, 2.45) is 0 Å². The van der Waals surface area contributed by atoms with E-state index in [1.807, 2.05) is 41.3 Å². The van der Waals surface area contributed by atoms with Crippen molar-refractivity contribution in [2.75, 3.05) is 6.54 Å². The minimum absolute atomic E-state index is 0.0412. The largest absolute Gasteiger partial charge is 0.445 e. The summed E-state index contributed by atoms with van der Waals surface area (Å²) >= 11 is 0. The van der Waals surface area contributed by atoms with Crippen molar-refractivity contribution in [3.05, 3.63) is 48.6 Å². The number of hydrogen-bond donors (Lipinski definition) is 0. The molecule has 0 saturated carbocycles. The van der Waals surface area contributed by atoms with Gasteiger partial charge in [0.1, 0.15) is 12.6 Å². The van der Waals surface area contributed by atoms with Crippen molar-refractivity contribution in [1.82, 2.24) is 9.80 Å². The zero-order valence-electron chi connectivity index (χ0n) is 14.8. The van der Waals surface area contributed by atoms with Crippen LogP contribution in [-0.4, -0.2) is 46.5 Å². The van der Waals surface area contributed by atoms with Crippen LogP contribution in [0.2, 0.25) is 0 Å². The standard InChI is InChI=1S/C20H26N2O3/c1-3-4-10-17-11-12-18-13-21(15(2)19(23)22(17)18)20(24)25-14-16-8-6-5-7-9-16/h3,5-9,15,17-18H,1,4,10-14H2,2H3/t15-,17-,18-/m0/s1. The molecule has 0 aliphatic carbocycles. The molecule has 1 aromatic carbocycles. The van der Waals surface area contributed by atoms with Gasteiger partial charge in [-0.1, -0.05) is 36.4 Å². The number of rotatable bonds is 5. The van der Waals surface area contributed by atoms with Gasteiger partial charge in [-0.15, -0.1) is 6.58 Å². The summed E-state index contributed by atoms with van der Waals surface area (Å²) in [5.74, 6) is 0.0412. The molecule has 3 rings (SSSR count). The van der Waals surface area contributed by atoms with Crippen molar-refractivity contribution in [3.8, 4) is 0 Å². The van der Waals surface area contributed by atoms with E-state index in [1.54, 1.807) is 11.8 Å². The molecule has 2 aliphatic rings. The lowest BCUT2D eigenvalue weighted by Gasteiger charge is -2.43. The molecule has 0 bridgehead atoms. The molecule has 25 heavy (non-hydrogen) atoms. The monoisotopic (exact) mass is 342 g/mol. The Labute approximate surface area is 149 Å². The second-order valence-electron chi connectivity index (χ2n) is 6.87. The number of fused-ring (bicyclic) bond motifs is 1. The first-order valence-corrected chi connectivity index (χ1v) is 9.02. The molecule has 5 heteroatoms. The van der Waals surface area contributed by atoms with Gasteiger partial charge < -0.3 is 9.64 Å². The smallest absolute Gasteiger partial charge is 0.410 e. The number of ether oxygens (including phenoxy) is 1. The number of carbonyl (C=O) groups is 2. The number of hydrogen-bond acceptors (Lipinski definition) is 3. The zero-order chi connectivity index (χ0) is 17.8. The van der Waals surface area contributed by atoms with Crippen molar-refractivity contribution in [3.63, 3.8) is 0 Å². The molecule has 0 unspecified atom stereocenters. The Morgan fingerprint density at radius 1 is 1.32 bits per heavy atom. The van der Waals surface area contributed by atoms with Gasteiger partial charge in [-0.3, -0.25) is 9.69 Å². The number of carbonyl (C=O) groups excluding carboxylic acids is 2. The third kappa shape index (κ3) is 3.70. The Balaban J connectivity index is 1.62. The van der Waals surface area contributed by atoms with Crippen LogP contribution in [0, 0.1) is 0 Å². The summed E-state index contributed by atoms with van der Waals surface area (Å²) < 4.78 is 5.43. The Morgan fingerprint density at radius 3 is 2.80 bits per heavy atom. The van der Waals surface area contributed by atoms with Crippen LogP contribution >= 0.6 is 0 Å². The molecular weight excluding hydrogens is 316 g/mol. The van der Waals surface area contributed by atoms with Crippen LogP contribution in [-0.2, 0) is 16.1 Å². The first kappa shape index (κ1) is 17.5. The quantitative estimate of drug-likeness (QED) is 0.771. The molecule has 5 nitrogen and oxygen atoms in total. The molecule has 0 radical (unpaired) electrons. The fourth-order valence-corrected chi connectivity index (χ4v) is 3.86. The maximum atomic E-state index is 12.8. The lowest BCUT2D eigenvalue weighted by Crippen LogP contribution is -2.61. The fourth-order valence-electron chi connectivity index (χ4n) is 3.86. The fraction of sp³-hybridized carbons (Fsp3) is 0.500. The maximum Gasteiger partial charge on any atom is 0.410 e. The van der Waals surface area contributed by atoms with Crippen molar-refractivity contribution >= 4 is 12.0 Å². The van der Waals surface area contributed by atoms with Crippen LogP contribution in [0.3, 0.4) is 0 Å². The topological polar surface area (TPSA) is 49.9 Å². The van der Waals surface area contributed by atoms with Gasteiger partial charge in [-0.05, 0) is 38.2 Å². The predicted molar refractivity (Wildman–Crippen MR) is 95.9 cm³/mol. The van der Waals surface area contributed by atoms with E-state index < -0.39 is 12.1 Å². The molecular formula is C20H26N2O3. The summed E-state index contributed by atoms with van der Waals surface area (Å²) in [6.07, 6.45) is 5.32. The number of allylic oxidation sites excluding steroid dienone is 1. The molecule has 134 valence electrons. The zero-order valence-corrected chi connectivity index (χ0v) is 14.8. The molecule has 0 aromatic heterocycles. The van der Waals surface area contributed by atoms with E-state index >= 15 is 0 Å². The number of piperazine rings is 1. The van der Waals surface area contributed by atoms with Crippen LogP contribution in [0.15, 0.2) is 43.0 Å². The van der Waals surface area contributed by atoms with Gasteiger partial charge >= 0.3 is 6.09 Å². The van der Waals surface area contributed by atoms with E-state index in [2.05, 4.69) is 6.58 Å². The lowest BCUT2D eigenvalue weighted by atomic mass is 10.1. The maximum absolute atomic E-state index is 12.8. The molecule has 2 amide bonds. The van der Waals surface area contributed by atoms with Crippen LogP contribution in [0.4, 0.5) is 4.79 Å². The molecule has 2 saturated heterocycles. The molecule has 1 aromatic rings. The van der Waals surface area contributed by atoms with Gasteiger partial charge in [-0.2, -0.15) is 0 Å². The van der Waals surface area contributed by atoms with Gasteiger partial charge in [0.15, 0.2) is 0 Å². The normalized spacial score (nSPS) is 25.6. The summed E-state index contributed by atoms with van der Waals surface area (Å²) in [6, 6.07) is 9.51. The van der Waals surface area contributed by atoms with Crippen LogP contribution < -0.4 is 0 Å². The van der Waals surface area contributed by atoms with Crippen molar-refractivity contribution < 1.29 is 14.3 Å². The second-order valence-corrected chi connectivity index (χ2v) is 6.87. The number of nitrogens with zero attached hydrogens (tertiary/aromatic N) is 2. The third-order valence-corrected chi connectivity index (χ3v) is 5.25. The Morgan fingerprint density at radius 2 is 2.08 bits per heavy atom. The summed E-state index contributed by atoms with van der Waals surface area (Å²) in [5.41, 5.74) is 0.943. The molecule has 2 aliphatic heterocycles. The Kier molecular flexibility index (Phi) is 5.41. The van der Waals surface area contributed by atoms with E-state index in [0.29, 0.717) is 6.54 Å². The molecule has 2 heterocycles. The number of amides is 2. The minimum atomic E-state index is -0.469. The summed E-state index contributed by atoms with van der Waals surface area (Å²) in [4.78, 5) is 28.9. The average molecular weight is 342 g/mol. The highest BCUT2D eigenvalue weighted by Gasteiger charge is 2.46. The SMILES string of the molecule is C=CCC[C@H]1CC[C@H]2CN(C(=O)OCc3ccccc3)[C@@H](C)C(=O)N12. The Hall–Kier alpha value is -2.30. The van der Waals surface area contributed by atoms with E-state index in [-0.39, 0.29) is 24.6 Å². The van der Waals surface area contributed by atoms with Crippen LogP contribution in [0.5, 0.6) is 0 Å². The van der Waals surface area contributed by atoms with Gasteiger partial charge in [0, 0.05) is 18.6 Å². The van der Waals surface area contributed by atoms with Gasteiger partial charge in [-0.25, -0.2) is 4.79 Å². The predicted octanol–water partition coefficient (Wildman–Crippen LogP) is 3.35. The van der Waals surface area contributed by atoms with Crippen LogP contribution in [0.25, 0.3) is 0 Å². The summed E-state index contributed by atoms with van der Waals surface area (Å²) in [5, 5.41) is 0. The van der Waals surface area contributed by atoms with Gasteiger partial charge in [0.05, 0.1) is 0 Å². The highest BCUT2D eigenvalue weighted by Crippen LogP contribution is 2.33. The average Bonchev–Trinajstić information content (AvgIpc) is 3.04. The first-order chi connectivity index (χ1) is 12.1. The summed E-state index contributed by atoms with van der Waals surface area (Å²) in [6.45, 7) is 6.35. The van der Waals surface area contributed by atoms with E-state index in [4.69, 9.17) is 4.74 Å². The minimum Gasteiger partial charge on any atom is -0.445 e.